The Kier molecular flexibility index (Phi) is 5.32. The van der Waals surface area contributed by atoms with Crippen molar-refractivity contribution in [1.82, 2.24) is 5.32 Å². The van der Waals surface area contributed by atoms with Gasteiger partial charge in [0.25, 0.3) is 0 Å². The van der Waals surface area contributed by atoms with E-state index < -0.39 is 0 Å². The minimum atomic E-state index is 0.759. The Morgan fingerprint density at radius 1 is 1.36 bits per heavy atom. The zero-order valence-corrected chi connectivity index (χ0v) is 10.9. The van der Waals surface area contributed by atoms with E-state index in [1.807, 2.05) is 0 Å². The summed E-state index contributed by atoms with van der Waals surface area (Å²) in [5, 5.41) is 4.54. The molecule has 0 bridgehead atoms. The first-order valence-corrected chi connectivity index (χ1v) is 7.01. The van der Waals surface area contributed by atoms with E-state index in [0.29, 0.717) is 0 Å². The van der Waals surface area contributed by atoms with Gasteiger partial charge in [-0.2, -0.15) is 11.8 Å². The lowest BCUT2D eigenvalue weighted by molar-refractivity contribution is 0.354. The van der Waals surface area contributed by atoms with E-state index in [0.717, 1.165) is 23.1 Å². The minimum absolute atomic E-state index is 0.759. The van der Waals surface area contributed by atoms with E-state index in [2.05, 4.69) is 44.8 Å². The normalized spacial score (nSPS) is 30.6. The maximum Gasteiger partial charge on any atom is 0.0184 e. The van der Waals surface area contributed by atoms with Crippen LogP contribution in [0.15, 0.2) is 0 Å². The van der Waals surface area contributed by atoms with Crippen LogP contribution in [0.2, 0.25) is 0 Å². The van der Waals surface area contributed by atoms with Gasteiger partial charge in [-0.1, -0.05) is 27.7 Å². The summed E-state index contributed by atoms with van der Waals surface area (Å²) < 4.78 is 0. The summed E-state index contributed by atoms with van der Waals surface area (Å²) in [6.07, 6.45) is 2.77. The van der Waals surface area contributed by atoms with Crippen LogP contribution in [-0.2, 0) is 0 Å². The van der Waals surface area contributed by atoms with Crippen LogP contribution in [0.1, 0.15) is 40.5 Å². The SMILES string of the molecule is CC(C)C(C)CNC1CCCSC1C. The van der Waals surface area contributed by atoms with Crippen molar-refractivity contribution < 1.29 is 0 Å². The highest BCUT2D eigenvalue weighted by atomic mass is 32.2. The maximum atomic E-state index is 3.73. The summed E-state index contributed by atoms with van der Waals surface area (Å²) in [5.74, 6) is 2.96. The van der Waals surface area contributed by atoms with Gasteiger partial charge in [0.1, 0.15) is 0 Å². The molecule has 1 nitrogen and oxygen atoms in total. The number of nitrogens with one attached hydrogen (secondary N) is 1. The van der Waals surface area contributed by atoms with Crippen molar-refractivity contribution in [3.63, 3.8) is 0 Å². The molecule has 1 rings (SSSR count). The monoisotopic (exact) mass is 215 g/mol. The summed E-state index contributed by atoms with van der Waals surface area (Å²) in [6.45, 7) is 10.5. The fraction of sp³-hybridized carbons (Fsp3) is 1.00. The molecule has 3 unspecified atom stereocenters. The van der Waals surface area contributed by atoms with Gasteiger partial charge in [-0.25, -0.2) is 0 Å². The lowest BCUT2D eigenvalue weighted by Gasteiger charge is -2.30. The summed E-state index contributed by atoms with van der Waals surface area (Å²) in [7, 11) is 0. The minimum Gasteiger partial charge on any atom is -0.313 e. The molecular formula is C12H25NS. The maximum absolute atomic E-state index is 3.73. The van der Waals surface area contributed by atoms with Crippen LogP contribution in [0.4, 0.5) is 0 Å². The summed E-state index contributed by atoms with van der Waals surface area (Å²) in [5.41, 5.74) is 0. The van der Waals surface area contributed by atoms with Crippen LogP contribution >= 0.6 is 11.8 Å². The second-order valence-corrected chi connectivity index (χ2v) is 6.44. The molecule has 0 aliphatic carbocycles. The molecule has 0 spiro atoms. The quantitative estimate of drug-likeness (QED) is 0.773. The van der Waals surface area contributed by atoms with E-state index in [9.17, 15) is 0 Å². The van der Waals surface area contributed by atoms with Crippen LogP contribution < -0.4 is 5.32 Å². The molecular weight excluding hydrogens is 190 g/mol. The smallest absolute Gasteiger partial charge is 0.0184 e. The molecule has 1 heterocycles. The molecule has 14 heavy (non-hydrogen) atoms. The second kappa shape index (κ2) is 6.02. The molecule has 1 fully saturated rings. The van der Waals surface area contributed by atoms with E-state index in [1.165, 1.54) is 25.1 Å². The lowest BCUT2D eigenvalue weighted by atomic mass is 9.97. The van der Waals surface area contributed by atoms with Gasteiger partial charge in [0, 0.05) is 11.3 Å². The number of hydrogen-bond donors (Lipinski definition) is 1. The molecule has 0 amide bonds. The average Bonchev–Trinajstić information content (AvgIpc) is 2.16. The Morgan fingerprint density at radius 2 is 2.07 bits per heavy atom. The van der Waals surface area contributed by atoms with E-state index in [4.69, 9.17) is 0 Å². The Labute approximate surface area is 93.4 Å². The third-order valence-electron chi connectivity index (χ3n) is 3.45. The average molecular weight is 215 g/mol. The van der Waals surface area contributed by atoms with Crippen molar-refractivity contribution in [3.8, 4) is 0 Å². The molecule has 1 saturated heterocycles. The van der Waals surface area contributed by atoms with Crippen LogP contribution in [-0.4, -0.2) is 23.6 Å². The summed E-state index contributed by atoms with van der Waals surface area (Å²) >= 11 is 2.12. The van der Waals surface area contributed by atoms with E-state index in [-0.39, 0.29) is 0 Å². The standard InChI is InChI=1S/C12H25NS/c1-9(2)10(3)8-13-12-6-5-7-14-11(12)4/h9-13H,5-8H2,1-4H3. The molecule has 0 aromatic carbocycles. The van der Waals surface area contributed by atoms with Crippen molar-refractivity contribution in [2.75, 3.05) is 12.3 Å². The van der Waals surface area contributed by atoms with Crippen molar-refractivity contribution in [2.24, 2.45) is 11.8 Å². The van der Waals surface area contributed by atoms with Crippen molar-refractivity contribution in [2.45, 2.75) is 51.8 Å². The molecule has 0 aromatic rings. The predicted octanol–water partition coefficient (Wildman–Crippen LogP) is 3.15. The second-order valence-electron chi connectivity index (χ2n) is 4.95. The van der Waals surface area contributed by atoms with Crippen molar-refractivity contribution in [3.05, 3.63) is 0 Å². The van der Waals surface area contributed by atoms with Crippen LogP contribution in [0.25, 0.3) is 0 Å². The van der Waals surface area contributed by atoms with E-state index >= 15 is 0 Å². The molecule has 84 valence electrons. The zero-order chi connectivity index (χ0) is 10.6. The Balaban J connectivity index is 2.22. The van der Waals surface area contributed by atoms with Crippen LogP contribution in [0.3, 0.4) is 0 Å². The van der Waals surface area contributed by atoms with Gasteiger partial charge >= 0.3 is 0 Å². The van der Waals surface area contributed by atoms with Gasteiger partial charge < -0.3 is 5.32 Å². The zero-order valence-electron chi connectivity index (χ0n) is 10.0. The van der Waals surface area contributed by atoms with Gasteiger partial charge in [-0.15, -0.1) is 0 Å². The van der Waals surface area contributed by atoms with Crippen molar-refractivity contribution >= 4 is 11.8 Å². The Hall–Kier alpha value is 0.310. The largest absolute Gasteiger partial charge is 0.313 e. The fourth-order valence-corrected chi connectivity index (χ4v) is 2.93. The van der Waals surface area contributed by atoms with Gasteiger partial charge in [-0.05, 0) is 37.0 Å². The van der Waals surface area contributed by atoms with Crippen LogP contribution in [0, 0.1) is 11.8 Å². The lowest BCUT2D eigenvalue weighted by Crippen LogP contribution is -2.41. The first-order chi connectivity index (χ1) is 6.61. The highest BCUT2D eigenvalue weighted by molar-refractivity contribution is 7.99. The predicted molar refractivity (Wildman–Crippen MR) is 66.9 cm³/mol. The fourth-order valence-electron chi connectivity index (χ4n) is 1.76. The topological polar surface area (TPSA) is 12.0 Å². The van der Waals surface area contributed by atoms with Crippen molar-refractivity contribution in [1.29, 1.82) is 0 Å². The Bertz CT molecular complexity index is 158. The van der Waals surface area contributed by atoms with Crippen LogP contribution in [0.5, 0.6) is 0 Å². The number of rotatable bonds is 4. The third kappa shape index (κ3) is 3.82. The summed E-state index contributed by atoms with van der Waals surface area (Å²) in [4.78, 5) is 0. The van der Waals surface area contributed by atoms with Gasteiger partial charge in [-0.3, -0.25) is 0 Å². The molecule has 2 heteroatoms. The molecule has 1 aliphatic rings. The van der Waals surface area contributed by atoms with E-state index in [1.54, 1.807) is 0 Å². The first-order valence-electron chi connectivity index (χ1n) is 5.96. The number of hydrogen-bond acceptors (Lipinski definition) is 2. The summed E-state index contributed by atoms with van der Waals surface area (Å²) in [6, 6.07) is 0.759. The molecule has 0 saturated carbocycles. The van der Waals surface area contributed by atoms with Gasteiger partial charge in [0.2, 0.25) is 0 Å². The van der Waals surface area contributed by atoms with Gasteiger partial charge in [0.15, 0.2) is 0 Å². The Morgan fingerprint density at radius 3 is 2.64 bits per heavy atom. The number of thioether (sulfide) groups is 1. The first kappa shape index (κ1) is 12.4. The molecule has 3 atom stereocenters. The molecule has 0 radical (unpaired) electrons. The highest BCUT2D eigenvalue weighted by Crippen LogP contribution is 2.25. The third-order valence-corrected chi connectivity index (χ3v) is 4.83. The highest BCUT2D eigenvalue weighted by Gasteiger charge is 2.21. The molecule has 0 aromatic heterocycles. The molecule has 1 aliphatic heterocycles. The van der Waals surface area contributed by atoms with Gasteiger partial charge in [0.05, 0.1) is 0 Å². The molecule has 1 N–H and O–H groups in total.